The number of piperazine rings is 1. The Balaban J connectivity index is 1.85. The van der Waals surface area contributed by atoms with Gasteiger partial charge in [-0.2, -0.15) is 0 Å². The van der Waals surface area contributed by atoms with Crippen LogP contribution < -0.4 is 4.74 Å². The molecule has 19 heavy (non-hydrogen) atoms. The Kier molecular flexibility index (Phi) is 5.23. The molecule has 1 aromatic rings. The predicted octanol–water partition coefficient (Wildman–Crippen LogP) is 2.61. The molecule has 2 rings (SSSR count). The van der Waals surface area contributed by atoms with E-state index in [1.54, 1.807) is 7.11 Å². The summed E-state index contributed by atoms with van der Waals surface area (Å²) in [5.74, 6) is 0.954. The van der Waals surface area contributed by atoms with E-state index in [9.17, 15) is 0 Å². The summed E-state index contributed by atoms with van der Waals surface area (Å²) in [5.41, 5.74) is 1.34. The number of nitrogens with zero attached hydrogens (tertiary/aromatic N) is 2. The normalized spacial score (nSPS) is 19.3. The third kappa shape index (κ3) is 3.95. The van der Waals surface area contributed by atoms with Gasteiger partial charge in [0.1, 0.15) is 5.75 Å². The highest BCUT2D eigenvalue weighted by Crippen LogP contribution is 2.16. The molecule has 0 bridgehead atoms. The lowest BCUT2D eigenvalue weighted by molar-refractivity contribution is 0.0963. The van der Waals surface area contributed by atoms with Gasteiger partial charge in [0.15, 0.2) is 0 Å². The zero-order valence-corrected chi connectivity index (χ0v) is 12.4. The summed E-state index contributed by atoms with van der Waals surface area (Å²) in [6.45, 7) is 10.4. The Morgan fingerprint density at radius 1 is 1.21 bits per heavy atom. The zero-order chi connectivity index (χ0) is 13.7. The van der Waals surface area contributed by atoms with Crippen molar-refractivity contribution in [1.82, 2.24) is 9.80 Å². The highest BCUT2D eigenvalue weighted by atomic mass is 16.5. The second-order valence-electron chi connectivity index (χ2n) is 5.42. The Labute approximate surface area is 117 Å². The summed E-state index contributed by atoms with van der Waals surface area (Å²) in [6, 6.07) is 9.12. The number of benzene rings is 1. The highest BCUT2D eigenvalue weighted by Gasteiger charge is 2.19. The molecule has 1 aliphatic rings. The molecule has 3 heteroatoms. The summed E-state index contributed by atoms with van der Waals surface area (Å²) >= 11 is 0. The maximum atomic E-state index is 5.28. The van der Waals surface area contributed by atoms with Crippen LogP contribution in [0.2, 0.25) is 0 Å². The van der Waals surface area contributed by atoms with Gasteiger partial charge in [-0.05, 0) is 31.0 Å². The Morgan fingerprint density at radius 2 is 1.95 bits per heavy atom. The van der Waals surface area contributed by atoms with Crippen molar-refractivity contribution in [2.75, 3.05) is 33.3 Å². The lowest BCUT2D eigenvalue weighted by atomic mass is 10.1. The predicted molar refractivity (Wildman–Crippen MR) is 79.6 cm³/mol. The molecule has 0 radical (unpaired) electrons. The first kappa shape index (κ1) is 14.4. The minimum absolute atomic E-state index is 0.721. The van der Waals surface area contributed by atoms with E-state index in [0.717, 1.165) is 18.3 Å². The van der Waals surface area contributed by atoms with E-state index in [2.05, 4.69) is 41.8 Å². The van der Waals surface area contributed by atoms with Crippen molar-refractivity contribution >= 4 is 0 Å². The van der Waals surface area contributed by atoms with Gasteiger partial charge >= 0.3 is 0 Å². The van der Waals surface area contributed by atoms with Gasteiger partial charge in [0.05, 0.1) is 7.11 Å². The van der Waals surface area contributed by atoms with Crippen molar-refractivity contribution in [3.05, 3.63) is 29.8 Å². The van der Waals surface area contributed by atoms with Gasteiger partial charge in [-0.1, -0.05) is 19.1 Å². The van der Waals surface area contributed by atoms with Crippen LogP contribution in [0.5, 0.6) is 5.75 Å². The van der Waals surface area contributed by atoms with Crippen molar-refractivity contribution in [2.45, 2.75) is 32.9 Å². The fourth-order valence-corrected chi connectivity index (χ4v) is 2.65. The van der Waals surface area contributed by atoms with E-state index in [1.165, 1.54) is 38.2 Å². The van der Waals surface area contributed by atoms with Crippen molar-refractivity contribution in [2.24, 2.45) is 0 Å². The van der Waals surface area contributed by atoms with Gasteiger partial charge in [0.25, 0.3) is 0 Å². The van der Waals surface area contributed by atoms with Crippen LogP contribution in [0.3, 0.4) is 0 Å². The molecule has 1 saturated heterocycles. The molecule has 3 nitrogen and oxygen atoms in total. The molecule has 1 fully saturated rings. The van der Waals surface area contributed by atoms with E-state index in [1.807, 2.05) is 6.07 Å². The lowest BCUT2D eigenvalue weighted by Crippen LogP contribution is -2.48. The fraction of sp³-hybridized carbons (Fsp3) is 0.625. The summed E-state index contributed by atoms with van der Waals surface area (Å²) < 4.78 is 5.28. The number of ether oxygens (including phenoxy) is 1. The van der Waals surface area contributed by atoms with Gasteiger partial charge in [-0.25, -0.2) is 0 Å². The first-order chi connectivity index (χ1) is 9.22. The molecule has 0 saturated carbocycles. The molecular formula is C16H26N2O. The summed E-state index contributed by atoms with van der Waals surface area (Å²) in [7, 11) is 1.73. The van der Waals surface area contributed by atoms with Crippen LogP contribution in [-0.2, 0) is 6.54 Å². The van der Waals surface area contributed by atoms with Gasteiger partial charge in [-0.15, -0.1) is 0 Å². The molecule has 0 N–H and O–H groups in total. The van der Waals surface area contributed by atoms with Crippen molar-refractivity contribution < 1.29 is 4.74 Å². The number of methoxy groups -OCH3 is 1. The van der Waals surface area contributed by atoms with E-state index >= 15 is 0 Å². The molecule has 0 aliphatic carbocycles. The molecule has 0 spiro atoms. The van der Waals surface area contributed by atoms with Crippen LogP contribution in [-0.4, -0.2) is 49.1 Å². The van der Waals surface area contributed by atoms with Crippen molar-refractivity contribution in [3.8, 4) is 5.75 Å². The number of hydrogen-bond donors (Lipinski definition) is 0. The van der Waals surface area contributed by atoms with Gasteiger partial charge in [0, 0.05) is 38.8 Å². The van der Waals surface area contributed by atoms with Crippen molar-refractivity contribution in [3.63, 3.8) is 0 Å². The molecular weight excluding hydrogens is 236 g/mol. The zero-order valence-electron chi connectivity index (χ0n) is 12.4. The second kappa shape index (κ2) is 6.92. The van der Waals surface area contributed by atoms with Gasteiger partial charge in [0.2, 0.25) is 0 Å². The smallest absolute Gasteiger partial charge is 0.119 e. The number of hydrogen-bond acceptors (Lipinski definition) is 3. The molecule has 1 aromatic carbocycles. The van der Waals surface area contributed by atoms with Gasteiger partial charge < -0.3 is 4.74 Å². The Hall–Kier alpha value is -1.06. The average molecular weight is 262 g/mol. The molecule has 1 atom stereocenters. The first-order valence-electron chi connectivity index (χ1n) is 7.32. The maximum absolute atomic E-state index is 5.28. The summed E-state index contributed by atoms with van der Waals surface area (Å²) in [5, 5.41) is 0. The molecule has 0 unspecified atom stereocenters. The monoisotopic (exact) mass is 262 g/mol. The maximum Gasteiger partial charge on any atom is 0.119 e. The third-order valence-corrected chi connectivity index (χ3v) is 4.16. The van der Waals surface area contributed by atoms with E-state index in [-0.39, 0.29) is 0 Å². The minimum atomic E-state index is 0.721. The van der Waals surface area contributed by atoms with Crippen LogP contribution in [0, 0.1) is 0 Å². The first-order valence-corrected chi connectivity index (χ1v) is 7.32. The molecule has 1 heterocycles. The van der Waals surface area contributed by atoms with Crippen LogP contribution in [0.15, 0.2) is 24.3 Å². The fourth-order valence-electron chi connectivity index (χ4n) is 2.65. The highest BCUT2D eigenvalue weighted by molar-refractivity contribution is 5.28. The topological polar surface area (TPSA) is 15.7 Å². The second-order valence-corrected chi connectivity index (χ2v) is 5.42. The summed E-state index contributed by atoms with van der Waals surface area (Å²) in [6.07, 6.45) is 1.25. The van der Waals surface area contributed by atoms with Crippen LogP contribution in [0.4, 0.5) is 0 Å². The molecule has 1 aliphatic heterocycles. The number of rotatable bonds is 5. The third-order valence-electron chi connectivity index (χ3n) is 4.16. The molecule has 0 amide bonds. The van der Waals surface area contributed by atoms with Crippen LogP contribution in [0.25, 0.3) is 0 Å². The van der Waals surface area contributed by atoms with Crippen LogP contribution >= 0.6 is 0 Å². The largest absolute Gasteiger partial charge is 0.497 e. The Morgan fingerprint density at radius 3 is 2.58 bits per heavy atom. The van der Waals surface area contributed by atoms with E-state index in [0.29, 0.717) is 0 Å². The van der Waals surface area contributed by atoms with E-state index < -0.39 is 0 Å². The average Bonchev–Trinajstić information content (AvgIpc) is 2.47. The van der Waals surface area contributed by atoms with Crippen molar-refractivity contribution in [1.29, 1.82) is 0 Å². The SMILES string of the molecule is CC[C@@H](C)N1CCN(Cc2cccc(OC)c2)CC1. The molecule has 0 aromatic heterocycles. The van der Waals surface area contributed by atoms with Crippen LogP contribution in [0.1, 0.15) is 25.8 Å². The quantitative estimate of drug-likeness (QED) is 0.811. The standard InChI is InChI=1S/C16H26N2O/c1-4-14(2)18-10-8-17(9-11-18)13-15-6-5-7-16(12-15)19-3/h5-7,12,14H,4,8-11,13H2,1-3H3/t14-/m1/s1. The van der Waals surface area contributed by atoms with E-state index in [4.69, 9.17) is 4.74 Å². The summed E-state index contributed by atoms with van der Waals surface area (Å²) in [4.78, 5) is 5.13. The molecule has 106 valence electrons. The Bertz CT molecular complexity index is 386. The minimum Gasteiger partial charge on any atom is -0.497 e. The lowest BCUT2D eigenvalue weighted by Gasteiger charge is -2.37. The van der Waals surface area contributed by atoms with Gasteiger partial charge in [-0.3, -0.25) is 9.80 Å².